The van der Waals surface area contributed by atoms with Gasteiger partial charge in [0.25, 0.3) is 0 Å². The minimum Gasteiger partial charge on any atom is -0.359 e. The van der Waals surface area contributed by atoms with E-state index in [1.54, 1.807) is 0 Å². The summed E-state index contributed by atoms with van der Waals surface area (Å²) in [6.45, 7) is 8.84. The second-order valence-electron chi connectivity index (χ2n) is 8.86. The van der Waals surface area contributed by atoms with E-state index in [-0.39, 0.29) is 0 Å². The number of rotatable bonds is 9. The number of amides is 1. The van der Waals surface area contributed by atoms with Gasteiger partial charge in [0.05, 0.1) is 0 Å². The Balaban J connectivity index is 0.000000242. The zero-order chi connectivity index (χ0) is 26.4. The first-order valence-corrected chi connectivity index (χ1v) is 12.6. The quantitative estimate of drug-likeness (QED) is 0.278. The second kappa shape index (κ2) is 20.0. The van der Waals surface area contributed by atoms with Crippen molar-refractivity contribution in [1.82, 2.24) is 16.0 Å². The summed E-state index contributed by atoms with van der Waals surface area (Å²) in [5.41, 5.74) is 5.70. The number of carbonyl (C=O) groups excluding carboxylic acids is 2. The second-order valence-corrected chi connectivity index (χ2v) is 8.86. The van der Waals surface area contributed by atoms with Crippen LogP contribution < -0.4 is 16.0 Å². The maximum atomic E-state index is 10.3. The van der Waals surface area contributed by atoms with Crippen LogP contribution in [0.25, 0.3) is 0 Å². The molecule has 0 atom stereocenters. The van der Waals surface area contributed by atoms with Crippen LogP contribution in [-0.2, 0) is 11.3 Å². The molecule has 0 saturated heterocycles. The molecular formula is C31H43N3O2. The Morgan fingerprint density at radius 2 is 1.36 bits per heavy atom. The van der Waals surface area contributed by atoms with Gasteiger partial charge in [-0.05, 0) is 71.3 Å². The number of nitrogens with one attached hydrogen (secondary N) is 3. The van der Waals surface area contributed by atoms with Gasteiger partial charge < -0.3 is 16.0 Å². The van der Waals surface area contributed by atoms with E-state index in [0.717, 1.165) is 61.5 Å². The SMILES string of the molecule is CNCc1ccccc1.Cc1cc(C)cc(C=O)c1.Cc1ccccc1.O=CNCCCNC1CC1. The third-order valence-corrected chi connectivity index (χ3v) is 5.14. The normalized spacial score (nSPS) is 11.3. The summed E-state index contributed by atoms with van der Waals surface area (Å²) in [6.07, 6.45) is 5.33. The van der Waals surface area contributed by atoms with E-state index >= 15 is 0 Å². The largest absolute Gasteiger partial charge is 0.359 e. The molecule has 3 aromatic rings. The summed E-state index contributed by atoms with van der Waals surface area (Å²) in [5.74, 6) is 0. The van der Waals surface area contributed by atoms with Crippen molar-refractivity contribution >= 4 is 12.7 Å². The van der Waals surface area contributed by atoms with Crippen molar-refractivity contribution in [3.63, 3.8) is 0 Å². The van der Waals surface area contributed by atoms with Gasteiger partial charge in [-0.15, -0.1) is 0 Å². The molecule has 1 aliphatic carbocycles. The Morgan fingerprint density at radius 1 is 0.778 bits per heavy atom. The third-order valence-electron chi connectivity index (χ3n) is 5.14. The summed E-state index contributed by atoms with van der Waals surface area (Å²) in [6, 6.07) is 27.2. The number of hydrogen-bond donors (Lipinski definition) is 3. The minimum atomic E-state index is 0.747. The predicted octanol–water partition coefficient (Wildman–Crippen LogP) is 5.39. The van der Waals surface area contributed by atoms with Crippen molar-refractivity contribution in [2.24, 2.45) is 0 Å². The number of aryl methyl sites for hydroxylation is 3. The van der Waals surface area contributed by atoms with Crippen molar-refractivity contribution < 1.29 is 9.59 Å². The fourth-order valence-corrected chi connectivity index (χ4v) is 3.26. The monoisotopic (exact) mass is 489 g/mol. The van der Waals surface area contributed by atoms with Crippen molar-refractivity contribution in [3.05, 3.63) is 107 Å². The highest BCUT2D eigenvalue weighted by Crippen LogP contribution is 2.18. The summed E-state index contributed by atoms with van der Waals surface area (Å²) in [4.78, 5) is 20.1. The van der Waals surface area contributed by atoms with Crippen LogP contribution in [0.15, 0.2) is 78.9 Å². The Labute approximate surface area is 217 Å². The van der Waals surface area contributed by atoms with Gasteiger partial charge >= 0.3 is 0 Å². The zero-order valence-electron chi connectivity index (χ0n) is 22.3. The summed E-state index contributed by atoms with van der Waals surface area (Å²) in [7, 11) is 1.95. The van der Waals surface area contributed by atoms with Crippen LogP contribution in [0.1, 0.15) is 51.9 Å². The minimum absolute atomic E-state index is 0.747. The Bertz CT molecular complexity index is 938. The van der Waals surface area contributed by atoms with Gasteiger partial charge in [0.1, 0.15) is 6.29 Å². The molecule has 0 unspecified atom stereocenters. The summed E-state index contributed by atoms with van der Waals surface area (Å²) in [5, 5.41) is 9.07. The molecule has 0 bridgehead atoms. The standard InChI is InChI=1S/C9H10O.C8H11N.C7H14N2O.C7H8/c1-7-3-8(2)5-9(4-7)6-10;1-9-7-8-5-3-2-4-6-8;10-6-8-4-1-5-9-7-2-3-7;1-7-5-3-2-4-6-7/h3-6H,1-2H3;2-6,9H,7H2,1H3;6-7,9H,1-5H2,(H,8,10);2-6H,1H3. The van der Waals surface area contributed by atoms with Crippen LogP contribution in [0.2, 0.25) is 0 Å². The molecule has 36 heavy (non-hydrogen) atoms. The highest BCUT2D eigenvalue weighted by atomic mass is 16.1. The van der Waals surface area contributed by atoms with E-state index in [0.29, 0.717) is 0 Å². The third kappa shape index (κ3) is 17.2. The molecule has 5 heteroatoms. The molecule has 0 aromatic heterocycles. The van der Waals surface area contributed by atoms with E-state index in [2.05, 4.69) is 47.1 Å². The van der Waals surface area contributed by atoms with Crippen molar-refractivity contribution in [2.45, 2.75) is 52.6 Å². The highest BCUT2D eigenvalue weighted by molar-refractivity contribution is 5.75. The van der Waals surface area contributed by atoms with Gasteiger partial charge in [-0.1, -0.05) is 83.4 Å². The molecule has 1 fully saturated rings. The molecule has 3 N–H and O–H groups in total. The Morgan fingerprint density at radius 3 is 1.81 bits per heavy atom. The van der Waals surface area contributed by atoms with Gasteiger partial charge in [0, 0.05) is 24.7 Å². The summed E-state index contributed by atoms with van der Waals surface area (Å²) < 4.78 is 0. The number of carbonyl (C=O) groups is 2. The molecule has 0 aliphatic heterocycles. The summed E-state index contributed by atoms with van der Waals surface area (Å²) >= 11 is 0. The lowest BCUT2D eigenvalue weighted by Crippen LogP contribution is -2.22. The van der Waals surface area contributed by atoms with E-state index in [9.17, 15) is 9.59 Å². The number of hydrogen-bond acceptors (Lipinski definition) is 4. The van der Waals surface area contributed by atoms with Crippen molar-refractivity contribution in [3.8, 4) is 0 Å². The van der Waals surface area contributed by atoms with Crippen LogP contribution in [0, 0.1) is 20.8 Å². The van der Waals surface area contributed by atoms with Crippen LogP contribution in [0.4, 0.5) is 0 Å². The Hall–Kier alpha value is -3.28. The molecule has 1 saturated carbocycles. The smallest absolute Gasteiger partial charge is 0.207 e. The van der Waals surface area contributed by atoms with E-state index in [4.69, 9.17) is 0 Å². The molecule has 0 radical (unpaired) electrons. The van der Waals surface area contributed by atoms with Gasteiger partial charge in [0.15, 0.2) is 0 Å². The molecular weight excluding hydrogens is 446 g/mol. The lowest BCUT2D eigenvalue weighted by atomic mass is 10.1. The van der Waals surface area contributed by atoms with Crippen molar-refractivity contribution in [2.75, 3.05) is 20.1 Å². The fraction of sp³-hybridized carbons (Fsp3) is 0.355. The zero-order valence-corrected chi connectivity index (χ0v) is 22.3. The maximum absolute atomic E-state index is 10.3. The lowest BCUT2D eigenvalue weighted by molar-refractivity contribution is -0.109. The molecule has 5 nitrogen and oxygen atoms in total. The fourth-order valence-electron chi connectivity index (χ4n) is 3.26. The molecule has 0 spiro atoms. The molecule has 1 aliphatic rings. The highest BCUT2D eigenvalue weighted by Gasteiger charge is 2.19. The first kappa shape index (κ1) is 30.8. The average Bonchev–Trinajstić information content (AvgIpc) is 3.70. The van der Waals surface area contributed by atoms with Crippen molar-refractivity contribution in [1.29, 1.82) is 0 Å². The topological polar surface area (TPSA) is 70.2 Å². The van der Waals surface area contributed by atoms with Gasteiger partial charge in [0.2, 0.25) is 6.41 Å². The van der Waals surface area contributed by atoms with E-state index < -0.39 is 0 Å². The molecule has 4 rings (SSSR count). The predicted molar refractivity (Wildman–Crippen MR) is 151 cm³/mol. The van der Waals surface area contributed by atoms with Crippen LogP contribution in [-0.4, -0.2) is 38.9 Å². The lowest BCUT2D eigenvalue weighted by Gasteiger charge is -2.00. The average molecular weight is 490 g/mol. The first-order chi connectivity index (χ1) is 17.5. The van der Waals surface area contributed by atoms with Crippen LogP contribution >= 0.6 is 0 Å². The van der Waals surface area contributed by atoms with Gasteiger partial charge in [-0.25, -0.2) is 0 Å². The molecule has 3 aromatic carbocycles. The van der Waals surface area contributed by atoms with Crippen LogP contribution in [0.3, 0.4) is 0 Å². The van der Waals surface area contributed by atoms with E-state index in [1.807, 2.05) is 75.5 Å². The molecule has 0 heterocycles. The maximum Gasteiger partial charge on any atom is 0.207 e. The molecule has 1 amide bonds. The van der Waals surface area contributed by atoms with E-state index in [1.165, 1.54) is 24.0 Å². The number of aldehydes is 1. The number of benzene rings is 3. The van der Waals surface area contributed by atoms with Gasteiger partial charge in [-0.2, -0.15) is 0 Å². The van der Waals surface area contributed by atoms with Gasteiger partial charge in [-0.3, -0.25) is 9.59 Å². The Kier molecular flexibility index (Phi) is 17.1. The molecule has 194 valence electrons. The first-order valence-electron chi connectivity index (χ1n) is 12.6. The van der Waals surface area contributed by atoms with Crippen LogP contribution in [0.5, 0.6) is 0 Å².